The van der Waals surface area contributed by atoms with Crippen LogP contribution in [0.15, 0.2) is 46.6 Å². The molecule has 4 nitrogen and oxygen atoms in total. The Hall–Kier alpha value is -2.36. The van der Waals surface area contributed by atoms with E-state index in [-0.39, 0.29) is 36.0 Å². The molecule has 0 atom stereocenters. The van der Waals surface area contributed by atoms with Crippen LogP contribution < -0.4 is 0 Å². The SMILES string of the molecule is CC(=O)CC(=O)/C=C(\C)CCC=C(C)C.CC(=O)CC(=O)/C=C(\C)CCC=C(C)C. The van der Waals surface area contributed by atoms with Crippen molar-refractivity contribution in [2.75, 3.05) is 0 Å². The van der Waals surface area contributed by atoms with E-state index in [1.807, 2.05) is 13.8 Å². The lowest BCUT2D eigenvalue weighted by Crippen LogP contribution is -2.01. The van der Waals surface area contributed by atoms with E-state index in [1.54, 1.807) is 12.2 Å². The molecule has 0 radical (unpaired) electrons. The molecule has 0 aliphatic heterocycles. The van der Waals surface area contributed by atoms with E-state index in [2.05, 4.69) is 39.8 Å². The first-order valence-corrected chi connectivity index (χ1v) is 10.5. The average molecular weight is 417 g/mol. The molecule has 0 aliphatic carbocycles. The summed E-state index contributed by atoms with van der Waals surface area (Å²) >= 11 is 0. The predicted molar refractivity (Wildman–Crippen MR) is 125 cm³/mol. The van der Waals surface area contributed by atoms with Gasteiger partial charge in [0.2, 0.25) is 0 Å². The summed E-state index contributed by atoms with van der Waals surface area (Å²) in [5.41, 5.74) is 4.66. The molecular weight excluding hydrogens is 376 g/mol. The minimum atomic E-state index is -0.0859. The normalized spacial score (nSPS) is 11.1. The molecule has 0 saturated carbocycles. The lowest BCUT2D eigenvalue weighted by atomic mass is 10.1. The highest BCUT2D eigenvalue weighted by molar-refractivity contribution is 6.04. The van der Waals surface area contributed by atoms with Crippen LogP contribution in [0.3, 0.4) is 0 Å². The van der Waals surface area contributed by atoms with Crippen LogP contribution >= 0.6 is 0 Å². The van der Waals surface area contributed by atoms with Gasteiger partial charge in [-0.05, 0) is 93.2 Å². The lowest BCUT2D eigenvalue weighted by Gasteiger charge is -1.98. The standard InChI is InChI=1S/2C13H20O2/c2*1-10(2)6-5-7-11(3)8-13(15)9-12(4)14/h2*6,8H,5,7,9H2,1-4H3/b2*11-8+. The van der Waals surface area contributed by atoms with E-state index in [1.165, 1.54) is 25.0 Å². The van der Waals surface area contributed by atoms with Gasteiger partial charge in [0.1, 0.15) is 11.6 Å². The van der Waals surface area contributed by atoms with Crippen LogP contribution in [0.1, 0.15) is 93.9 Å². The molecule has 0 spiro atoms. The summed E-state index contributed by atoms with van der Waals surface area (Å²) in [5.74, 6) is -0.323. The number of hydrogen-bond donors (Lipinski definition) is 0. The molecule has 0 fully saturated rings. The van der Waals surface area contributed by atoms with E-state index in [0.29, 0.717) is 0 Å². The van der Waals surface area contributed by atoms with Crippen LogP contribution in [0, 0.1) is 0 Å². The van der Waals surface area contributed by atoms with Gasteiger partial charge in [0.15, 0.2) is 11.6 Å². The van der Waals surface area contributed by atoms with Crippen LogP contribution in [-0.4, -0.2) is 23.1 Å². The number of carbonyl (C=O) groups is 4. The molecule has 0 aliphatic rings. The Bertz CT molecular complexity index is 645. The molecule has 0 rings (SSSR count). The smallest absolute Gasteiger partial charge is 0.162 e. The van der Waals surface area contributed by atoms with Gasteiger partial charge in [0.05, 0.1) is 12.8 Å². The summed E-state index contributed by atoms with van der Waals surface area (Å²) < 4.78 is 0. The number of rotatable bonds is 12. The largest absolute Gasteiger partial charge is 0.300 e. The molecule has 30 heavy (non-hydrogen) atoms. The van der Waals surface area contributed by atoms with E-state index < -0.39 is 0 Å². The topological polar surface area (TPSA) is 68.3 Å². The van der Waals surface area contributed by atoms with Crippen LogP contribution in [0.2, 0.25) is 0 Å². The Morgan fingerprint density at radius 2 is 0.833 bits per heavy atom. The second kappa shape index (κ2) is 17.5. The predicted octanol–water partition coefficient (Wildman–Crippen LogP) is 6.45. The molecule has 0 saturated heterocycles. The molecule has 0 aromatic rings. The highest BCUT2D eigenvalue weighted by atomic mass is 16.2. The minimum absolute atomic E-state index is 0.0278. The van der Waals surface area contributed by atoms with Crippen LogP contribution in [0.5, 0.6) is 0 Å². The van der Waals surface area contributed by atoms with Gasteiger partial charge in [-0.2, -0.15) is 0 Å². The third-order valence-corrected chi connectivity index (χ3v) is 3.84. The maximum Gasteiger partial charge on any atom is 0.162 e. The first kappa shape index (κ1) is 29.8. The fourth-order valence-electron chi connectivity index (χ4n) is 2.46. The second-order valence-corrected chi connectivity index (χ2v) is 8.31. The van der Waals surface area contributed by atoms with Gasteiger partial charge < -0.3 is 0 Å². The number of Topliss-reactive ketones (excluding diaryl/α,β-unsaturated/α-hetero) is 2. The number of hydrogen-bond acceptors (Lipinski definition) is 4. The van der Waals surface area contributed by atoms with Crippen molar-refractivity contribution in [3.8, 4) is 0 Å². The average Bonchev–Trinajstić information content (AvgIpc) is 2.52. The monoisotopic (exact) mass is 416 g/mol. The minimum Gasteiger partial charge on any atom is -0.300 e. The number of ketones is 4. The highest BCUT2D eigenvalue weighted by Gasteiger charge is 2.03. The van der Waals surface area contributed by atoms with Gasteiger partial charge in [0.25, 0.3) is 0 Å². The molecule has 0 heterocycles. The first-order valence-electron chi connectivity index (χ1n) is 10.5. The Morgan fingerprint density at radius 3 is 1.07 bits per heavy atom. The summed E-state index contributed by atoms with van der Waals surface area (Å²) in [6, 6.07) is 0. The summed E-state index contributed by atoms with van der Waals surface area (Å²) in [6.45, 7) is 14.9. The van der Waals surface area contributed by atoms with E-state index in [4.69, 9.17) is 0 Å². The zero-order valence-corrected chi connectivity index (χ0v) is 20.2. The maximum atomic E-state index is 11.2. The number of carbonyl (C=O) groups excluding carboxylic acids is 4. The van der Waals surface area contributed by atoms with Crippen LogP contribution in [0.25, 0.3) is 0 Å². The van der Waals surface area contributed by atoms with Crippen molar-refractivity contribution in [1.29, 1.82) is 0 Å². The molecular formula is C26H40O4. The summed E-state index contributed by atoms with van der Waals surface area (Å²) in [6.07, 6.45) is 11.2. The van der Waals surface area contributed by atoms with E-state index >= 15 is 0 Å². The second-order valence-electron chi connectivity index (χ2n) is 8.31. The number of allylic oxidation sites excluding steroid dienone is 8. The molecule has 0 aromatic heterocycles. The molecule has 168 valence electrons. The van der Waals surface area contributed by atoms with Gasteiger partial charge in [-0.25, -0.2) is 0 Å². The van der Waals surface area contributed by atoms with E-state index in [9.17, 15) is 19.2 Å². The van der Waals surface area contributed by atoms with Gasteiger partial charge in [-0.1, -0.05) is 34.4 Å². The first-order chi connectivity index (χ1) is 13.8. The van der Waals surface area contributed by atoms with Crippen molar-refractivity contribution in [1.82, 2.24) is 0 Å². The van der Waals surface area contributed by atoms with Gasteiger partial charge >= 0.3 is 0 Å². The summed E-state index contributed by atoms with van der Waals surface area (Å²) in [4.78, 5) is 43.9. The van der Waals surface area contributed by atoms with Gasteiger partial charge in [0, 0.05) is 0 Å². The van der Waals surface area contributed by atoms with Crippen LogP contribution in [-0.2, 0) is 19.2 Å². The molecule has 0 N–H and O–H groups in total. The van der Waals surface area contributed by atoms with Crippen molar-refractivity contribution >= 4 is 23.1 Å². The zero-order valence-electron chi connectivity index (χ0n) is 20.2. The fourth-order valence-corrected chi connectivity index (χ4v) is 2.46. The van der Waals surface area contributed by atoms with Crippen molar-refractivity contribution in [2.45, 2.75) is 93.9 Å². The third-order valence-electron chi connectivity index (χ3n) is 3.84. The molecule has 0 amide bonds. The Kier molecular flexibility index (Phi) is 17.4. The van der Waals surface area contributed by atoms with Crippen molar-refractivity contribution in [2.24, 2.45) is 0 Å². The van der Waals surface area contributed by atoms with Crippen molar-refractivity contribution < 1.29 is 19.2 Å². The van der Waals surface area contributed by atoms with Crippen molar-refractivity contribution in [3.63, 3.8) is 0 Å². The highest BCUT2D eigenvalue weighted by Crippen LogP contribution is 2.08. The molecule has 0 unspecified atom stereocenters. The molecule has 0 aromatic carbocycles. The summed E-state index contributed by atoms with van der Waals surface area (Å²) in [5, 5.41) is 0. The van der Waals surface area contributed by atoms with Crippen molar-refractivity contribution in [3.05, 3.63) is 46.6 Å². The third kappa shape index (κ3) is 23.7. The Balaban J connectivity index is 0. The quantitative estimate of drug-likeness (QED) is 0.208. The van der Waals surface area contributed by atoms with Gasteiger partial charge in [-0.15, -0.1) is 0 Å². The lowest BCUT2D eigenvalue weighted by molar-refractivity contribution is -0.125. The molecule has 0 bridgehead atoms. The van der Waals surface area contributed by atoms with Crippen LogP contribution in [0.4, 0.5) is 0 Å². The zero-order chi connectivity index (χ0) is 23.7. The maximum absolute atomic E-state index is 11.2. The Labute approximate surface area is 183 Å². The Morgan fingerprint density at radius 1 is 0.533 bits per heavy atom. The molecule has 4 heteroatoms. The van der Waals surface area contributed by atoms with E-state index in [0.717, 1.165) is 36.8 Å². The van der Waals surface area contributed by atoms with Gasteiger partial charge in [-0.3, -0.25) is 19.2 Å². The fraction of sp³-hybridized carbons (Fsp3) is 0.538. The summed E-state index contributed by atoms with van der Waals surface area (Å²) in [7, 11) is 0.